The van der Waals surface area contributed by atoms with E-state index in [0.717, 1.165) is 6.42 Å². The fraction of sp³-hybridized carbons (Fsp3) is 0.714. The van der Waals surface area contributed by atoms with Crippen LogP contribution >= 0.6 is 0 Å². The summed E-state index contributed by atoms with van der Waals surface area (Å²) in [4.78, 5) is 27.4. The van der Waals surface area contributed by atoms with Gasteiger partial charge in [0.1, 0.15) is 6.54 Å². The van der Waals surface area contributed by atoms with Crippen LogP contribution in [0.3, 0.4) is 0 Å². The predicted molar refractivity (Wildman–Crippen MR) is 75.2 cm³/mol. The van der Waals surface area contributed by atoms with Crippen LogP contribution in [0.2, 0.25) is 0 Å². The average Bonchev–Trinajstić information content (AvgIpc) is 3.06. The van der Waals surface area contributed by atoms with Crippen LogP contribution in [0.15, 0.2) is 4.42 Å². The summed E-state index contributed by atoms with van der Waals surface area (Å²) in [6, 6.07) is 0.134. The molecule has 0 bridgehead atoms. The number of likely N-dealkylation sites (tertiary alicyclic amines) is 1. The van der Waals surface area contributed by atoms with Crippen LogP contribution in [0.25, 0.3) is 0 Å². The Balaban J connectivity index is 1.96. The standard InChI is InChI=1S/C14H22N4O3/c1-4-11-15-16-12(21-11)8-17(5-2)14(20)9-18-10(3)6-7-13(18)19/h10H,4-9H2,1-3H3/t10-/m0/s1. The van der Waals surface area contributed by atoms with Crippen molar-refractivity contribution in [1.82, 2.24) is 20.0 Å². The number of likely N-dealkylation sites (N-methyl/N-ethyl adjacent to an activating group) is 1. The predicted octanol–water partition coefficient (Wildman–Crippen LogP) is 0.991. The summed E-state index contributed by atoms with van der Waals surface area (Å²) in [6.45, 7) is 6.76. The van der Waals surface area contributed by atoms with Gasteiger partial charge < -0.3 is 14.2 Å². The number of hydrogen-bond acceptors (Lipinski definition) is 5. The highest BCUT2D eigenvalue weighted by atomic mass is 16.4. The van der Waals surface area contributed by atoms with Gasteiger partial charge in [-0.25, -0.2) is 0 Å². The van der Waals surface area contributed by atoms with E-state index in [2.05, 4.69) is 10.2 Å². The van der Waals surface area contributed by atoms with Crippen molar-refractivity contribution in [3.8, 4) is 0 Å². The van der Waals surface area contributed by atoms with Gasteiger partial charge in [-0.1, -0.05) is 6.92 Å². The first-order chi connectivity index (χ1) is 10.0. The van der Waals surface area contributed by atoms with E-state index in [1.165, 1.54) is 0 Å². The Morgan fingerprint density at radius 1 is 1.38 bits per heavy atom. The van der Waals surface area contributed by atoms with Gasteiger partial charge in [0.25, 0.3) is 0 Å². The topological polar surface area (TPSA) is 79.5 Å². The van der Waals surface area contributed by atoms with Crippen LogP contribution in [0.1, 0.15) is 45.4 Å². The van der Waals surface area contributed by atoms with Gasteiger partial charge in [-0.3, -0.25) is 9.59 Å². The van der Waals surface area contributed by atoms with E-state index < -0.39 is 0 Å². The van der Waals surface area contributed by atoms with Gasteiger partial charge in [0.2, 0.25) is 23.6 Å². The zero-order valence-corrected chi connectivity index (χ0v) is 12.8. The molecule has 7 heteroatoms. The smallest absolute Gasteiger partial charge is 0.242 e. The molecular weight excluding hydrogens is 272 g/mol. The zero-order chi connectivity index (χ0) is 15.4. The summed E-state index contributed by atoms with van der Waals surface area (Å²) in [5.74, 6) is 0.966. The van der Waals surface area contributed by atoms with E-state index >= 15 is 0 Å². The molecule has 1 aromatic rings. The van der Waals surface area contributed by atoms with Crippen LogP contribution < -0.4 is 0 Å². The van der Waals surface area contributed by atoms with Crippen LogP contribution in [0, 0.1) is 0 Å². The van der Waals surface area contributed by atoms with Crippen molar-refractivity contribution in [2.75, 3.05) is 13.1 Å². The Hall–Kier alpha value is -1.92. The van der Waals surface area contributed by atoms with Gasteiger partial charge in [0.05, 0.1) is 6.54 Å². The van der Waals surface area contributed by atoms with E-state index in [1.807, 2.05) is 20.8 Å². The molecule has 1 aliphatic rings. The third-order valence-electron chi connectivity index (χ3n) is 3.81. The van der Waals surface area contributed by atoms with E-state index in [1.54, 1.807) is 9.80 Å². The number of aryl methyl sites for hydroxylation is 1. The zero-order valence-electron chi connectivity index (χ0n) is 12.8. The van der Waals surface area contributed by atoms with Gasteiger partial charge in [0, 0.05) is 25.4 Å². The normalized spacial score (nSPS) is 18.3. The summed E-state index contributed by atoms with van der Waals surface area (Å²) in [6.07, 6.45) is 2.03. The van der Waals surface area contributed by atoms with Crippen molar-refractivity contribution in [3.63, 3.8) is 0 Å². The molecule has 0 saturated carbocycles. The van der Waals surface area contributed by atoms with Crippen LogP contribution in [-0.4, -0.2) is 50.9 Å². The maximum Gasteiger partial charge on any atom is 0.242 e. The minimum absolute atomic E-state index is 0.0537. The molecular formula is C14H22N4O3. The molecule has 7 nitrogen and oxygen atoms in total. The number of hydrogen-bond donors (Lipinski definition) is 0. The number of carbonyl (C=O) groups is 2. The Kier molecular flexibility index (Phi) is 4.93. The summed E-state index contributed by atoms with van der Waals surface area (Å²) >= 11 is 0. The average molecular weight is 294 g/mol. The van der Waals surface area contributed by atoms with E-state index in [-0.39, 0.29) is 24.4 Å². The lowest BCUT2D eigenvalue weighted by molar-refractivity contribution is -0.139. The lowest BCUT2D eigenvalue weighted by atomic mass is 10.2. The number of amides is 2. The molecule has 0 aromatic carbocycles. The van der Waals surface area contributed by atoms with Crippen LogP contribution in [0.5, 0.6) is 0 Å². The number of carbonyl (C=O) groups excluding carboxylic acids is 2. The molecule has 0 unspecified atom stereocenters. The molecule has 2 rings (SSSR count). The first kappa shape index (κ1) is 15.5. The van der Waals surface area contributed by atoms with Crippen molar-refractivity contribution in [2.24, 2.45) is 0 Å². The second kappa shape index (κ2) is 6.69. The summed E-state index contributed by atoms with van der Waals surface area (Å²) in [7, 11) is 0. The SMILES string of the molecule is CCc1nnc(CN(CC)C(=O)CN2C(=O)CC[C@@H]2C)o1. The molecule has 116 valence electrons. The fourth-order valence-electron chi connectivity index (χ4n) is 2.40. The molecule has 0 aliphatic carbocycles. The van der Waals surface area contributed by atoms with Gasteiger partial charge in [-0.05, 0) is 20.3 Å². The van der Waals surface area contributed by atoms with Gasteiger partial charge in [-0.15, -0.1) is 10.2 Å². The Morgan fingerprint density at radius 2 is 2.10 bits per heavy atom. The Morgan fingerprint density at radius 3 is 2.62 bits per heavy atom. The molecule has 0 N–H and O–H groups in total. The highest BCUT2D eigenvalue weighted by Crippen LogP contribution is 2.18. The molecule has 2 heterocycles. The van der Waals surface area contributed by atoms with Crippen LogP contribution in [-0.2, 0) is 22.6 Å². The minimum Gasteiger partial charge on any atom is -0.423 e. The molecule has 0 spiro atoms. The lowest BCUT2D eigenvalue weighted by Crippen LogP contribution is -2.42. The first-order valence-electron chi connectivity index (χ1n) is 7.43. The summed E-state index contributed by atoms with van der Waals surface area (Å²) in [5, 5.41) is 7.82. The van der Waals surface area contributed by atoms with Crippen molar-refractivity contribution >= 4 is 11.8 Å². The van der Waals surface area contributed by atoms with Gasteiger partial charge >= 0.3 is 0 Å². The molecule has 1 fully saturated rings. The van der Waals surface area contributed by atoms with E-state index in [9.17, 15) is 9.59 Å². The lowest BCUT2D eigenvalue weighted by Gasteiger charge is -2.25. The largest absolute Gasteiger partial charge is 0.423 e. The van der Waals surface area contributed by atoms with Crippen LogP contribution in [0.4, 0.5) is 0 Å². The molecule has 2 amide bonds. The molecule has 1 saturated heterocycles. The molecule has 1 aromatic heterocycles. The third kappa shape index (κ3) is 3.59. The third-order valence-corrected chi connectivity index (χ3v) is 3.81. The number of nitrogens with zero attached hydrogens (tertiary/aromatic N) is 4. The highest BCUT2D eigenvalue weighted by Gasteiger charge is 2.30. The second-order valence-corrected chi connectivity index (χ2v) is 5.26. The molecule has 1 atom stereocenters. The highest BCUT2D eigenvalue weighted by molar-refractivity contribution is 5.86. The number of rotatable bonds is 6. The minimum atomic E-state index is -0.0872. The molecule has 21 heavy (non-hydrogen) atoms. The fourth-order valence-corrected chi connectivity index (χ4v) is 2.40. The maximum atomic E-state index is 12.3. The monoisotopic (exact) mass is 294 g/mol. The quantitative estimate of drug-likeness (QED) is 0.781. The maximum absolute atomic E-state index is 12.3. The second-order valence-electron chi connectivity index (χ2n) is 5.26. The van der Waals surface area contributed by atoms with Crippen molar-refractivity contribution in [3.05, 3.63) is 11.8 Å². The molecule has 1 aliphatic heterocycles. The summed E-state index contributed by atoms with van der Waals surface area (Å²) in [5.41, 5.74) is 0. The Bertz CT molecular complexity index is 514. The number of aromatic nitrogens is 2. The van der Waals surface area contributed by atoms with E-state index in [0.29, 0.717) is 37.7 Å². The Labute approximate surface area is 124 Å². The van der Waals surface area contributed by atoms with E-state index in [4.69, 9.17) is 4.42 Å². The molecule has 0 radical (unpaired) electrons. The van der Waals surface area contributed by atoms with Gasteiger partial charge in [-0.2, -0.15) is 0 Å². The van der Waals surface area contributed by atoms with Crippen molar-refractivity contribution in [1.29, 1.82) is 0 Å². The van der Waals surface area contributed by atoms with Crippen molar-refractivity contribution < 1.29 is 14.0 Å². The summed E-state index contributed by atoms with van der Waals surface area (Å²) < 4.78 is 5.43. The first-order valence-corrected chi connectivity index (χ1v) is 7.43. The van der Waals surface area contributed by atoms with Crippen molar-refractivity contribution in [2.45, 2.75) is 52.6 Å². The van der Waals surface area contributed by atoms with Gasteiger partial charge in [0.15, 0.2) is 0 Å².